The van der Waals surface area contributed by atoms with E-state index < -0.39 is 40.2 Å². The molecule has 32 heavy (non-hydrogen) atoms. The fourth-order valence-electron chi connectivity index (χ4n) is 2.81. The third-order valence-corrected chi connectivity index (χ3v) is 9.79. The molecule has 2 aromatic rings. The monoisotopic (exact) mass is 614 g/mol. The highest BCUT2D eigenvalue weighted by atomic mass is 35.5. The second kappa shape index (κ2) is 9.15. The maximum atomic E-state index is 13.3. The molecule has 0 unspecified atom stereocenters. The third-order valence-electron chi connectivity index (χ3n) is 4.46. The van der Waals surface area contributed by atoms with E-state index in [2.05, 4.69) is 10.0 Å². The van der Waals surface area contributed by atoms with Crippen LogP contribution in [0.5, 0.6) is 0 Å². The van der Waals surface area contributed by atoms with E-state index in [0.717, 1.165) is 0 Å². The number of rotatable bonds is 5. The molecule has 5 nitrogen and oxygen atoms in total. The summed E-state index contributed by atoms with van der Waals surface area (Å²) in [7, 11) is -4.43. The summed E-state index contributed by atoms with van der Waals surface area (Å²) in [5.41, 5.74) is -2.17. The van der Waals surface area contributed by atoms with E-state index in [9.17, 15) is 13.2 Å². The van der Waals surface area contributed by atoms with Crippen LogP contribution in [0.3, 0.4) is 0 Å². The number of carbonyl (C=O) groups is 1. The molecule has 14 heteroatoms. The topological polar surface area (TPSA) is 75.3 Å². The summed E-state index contributed by atoms with van der Waals surface area (Å²) in [6.45, 7) is 0. The molecule has 1 atom stereocenters. The lowest BCUT2D eigenvalue weighted by Gasteiger charge is -2.50. The number of halogens is 8. The standard InChI is InChI=1S/C18H10Cl8N2O3S/c19-9-1-5-11(6-2-9)27-17(28-32(30,31)12-7-3-10(20)4-8-12)14(22)13(21)15(29)16(23,24)18(17,25)26/h1-8,27-28H/t17-/m1/s1. The lowest BCUT2D eigenvalue weighted by Crippen LogP contribution is -2.73. The number of benzene rings is 2. The number of allylic oxidation sites excluding steroid dienone is 1. The molecule has 0 fully saturated rings. The second-order valence-electron chi connectivity index (χ2n) is 6.55. The molecule has 3 rings (SSSR count). The number of sulfonamides is 1. The van der Waals surface area contributed by atoms with E-state index >= 15 is 0 Å². The molecular weight excluding hydrogens is 608 g/mol. The summed E-state index contributed by atoms with van der Waals surface area (Å²) in [6.07, 6.45) is 0. The first-order chi connectivity index (χ1) is 14.7. The molecule has 0 aliphatic heterocycles. The molecule has 172 valence electrons. The Kier molecular flexibility index (Phi) is 7.58. The molecule has 0 heterocycles. The van der Waals surface area contributed by atoms with Gasteiger partial charge in [-0.1, -0.05) is 92.8 Å². The van der Waals surface area contributed by atoms with Crippen LogP contribution in [0.1, 0.15) is 0 Å². The first-order valence-electron chi connectivity index (χ1n) is 8.35. The number of anilines is 1. The summed E-state index contributed by atoms with van der Waals surface area (Å²) in [5.74, 6) is -1.11. The van der Waals surface area contributed by atoms with E-state index in [-0.39, 0.29) is 10.6 Å². The highest BCUT2D eigenvalue weighted by molar-refractivity contribution is 7.89. The van der Waals surface area contributed by atoms with Crippen molar-refractivity contribution >= 4 is 114 Å². The lowest BCUT2D eigenvalue weighted by molar-refractivity contribution is -0.116. The van der Waals surface area contributed by atoms with Gasteiger partial charge in [0, 0.05) is 15.7 Å². The van der Waals surface area contributed by atoms with Crippen molar-refractivity contribution in [1.82, 2.24) is 4.72 Å². The summed E-state index contributed by atoms with van der Waals surface area (Å²) in [6, 6.07) is 11.1. The fraction of sp³-hybridized carbons (Fsp3) is 0.167. The summed E-state index contributed by atoms with van der Waals surface area (Å²) in [4.78, 5) is 12.4. The first-order valence-corrected chi connectivity index (χ1v) is 12.9. The number of hydrogen-bond acceptors (Lipinski definition) is 4. The van der Waals surface area contributed by atoms with Crippen molar-refractivity contribution in [3.05, 3.63) is 68.6 Å². The van der Waals surface area contributed by atoms with Gasteiger partial charge < -0.3 is 5.32 Å². The molecule has 2 N–H and O–H groups in total. The normalized spacial score (nSPS) is 22.7. The van der Waals surface area contributed by atoms with Gasteiger partial charge >= 0.3 is 0 Å². The minimum absolute atomic E-state index is 0.226. The molecule has 0 amide bonds. The Labute approximate surface area is 223 Å². The smallest absolute Gasteiger partial charge is 0.242 e. The van der Waals surface area contributed by atoms with Crippen molar-refractivity contribution < 1.29 is 13.2 Å². The van der Waals surface area contributed by atoms with Gasteiger partial charge in [0.25, 0.3) is 0 Å². The molecule has 0 radical (unpaired) electrons. The van der Waals surface area contributed by atoms with E-state index in [1.165, 1.54) is 48.5 Å². The van der Waals surface area contributed by atoms with Gasteiger partial charge in [0.15, 0.2) is 5.66 Å². The minimum Gasteiger partial charge on any atom is -0.359 e. The molecule has 0 bridgehead atoms. The number of hydrogen-bond donors (Lipinski definition) is 2. The van der Waals surface area contributed by atoms with Crippen LogP contribution >= 0.6 is 92.8 Å². The quantitative estimate of drug-likeness (QED) is 0.289. The third kappa shape index (κ3) is 4.44. The molecule has 1 aliphatic carbocycles. The zero-order valence-corrected chi connectivity index (χ0v) is 22.1. The van der Waals surface area contributed by atoms with Crippen LogP contribution in [0, 0.1) is 0 Å². The molecule has 2 aromatic carbocycles. The van der Waals surface area contributed by atoms with Gasteiger partial charge in [0.1, 0.15) is 5.03 Å². The second-order valence-corrected chi connectivity index (χ2v) is 12.5. The van der Waals surface area contributed by atoms with Crippen LogP contribution in [-0.4, -0.2) is 28.5 Å². The molecule has 0 saturated carbocycles. The average molecular weight is 618 g/mol. The van der Waals surface area contributed by atoms with Crippen LogP contribution < -0.4 is 10.0 Å². The maximum absolute atomic E-state index is 13.3. The van der Waals surface area contributed by atoms with Crippen LogP contribution in [-0.2, 0) is 14.8 Å². The summed E-state index contributed by atoms with van der Waals surface area (Å²) >= 11 is 49.7. The van der Waals surface area contributed by atoms with Gasteiger partial charge in [0.2, 0.25) is 24.5 Å². The fourth-order valence-corrected chi connectivity index (χ4v) is 6.37. The minimum atomic E-state index is -4.43. The predicted octanol–water partition coefficient (Wildman–Crippen LogP) is 6.70. The molecule has 0 aromatic heterocycles. The molecule has 0 saturated heterocycles. The number of carbonyl (C=O) groups excluding carboxylic acids is 1. The molecular formula is C18H10Cl8N2O3S. The number of ketones is 1. The highest BCUT2D eigenvalue weighted by Crippen LogP contribution is 2.58. The van der Waals surface area contributed by atoms with Gasteiger partial charge in [-0.25, -0.2) is 8.42 Å². The Bertz CT molecular complexity index is 1200. The van der Waals surface area contributed by atoms with Gasteiger partial charge in [-0.05, 0) is 48.5 Å². The van der Waals surface area contributed by atoms with Gasteiger partial charge in [-0.2, -0.15) is 4.72 Å². The van der Waals surface area contributed by atoms with Gasteiger partial charge in [-0.15, -0.1) is 0 Å². The van der Waals surface area contributed by atoms with E-state index in [4.69, 9.17) is 92.8 Å². The zero-order chi connectivity index (χ0) is 24.1. The van der Waals surface area contributed by atoms with Crippen molar-refractivity contribution in [3.8, 4) is 0 Å². The largest absolute Gasteiger partial charge is 0.359 e. The van der Waals surface area contributed by atoms with E-state index in [0.29, 0.717) is 10.0 Å². The zero-order valence-electron chi connectivity index (χ0n) is 15.3. The maximum Gasteiger partial charge on any atom is 0.242 e. The van der Waals surface area contributed by atoms with Crippen LogP contribution in [0.4, 0.5) is 5.69 Å². The Hall–Kier alpha value is -0.120. The highest BCUT2D eigenvalue weighted by Gasteiger charge is 2.71. The Morgan fingerprint density at radius 1 is 0.750 bits per heavy atom. The lowest BCUT2D eigenvalue weighted by atomic mass is 9.92. The molecule has 1 aliphatic rings. The Balaban J connectivity index is 2.27. The van der Waals surface area contributed by atoms with Crippen molar-refractivity contribution in [2.45, 2.75) is 19.2 Å². The van der Waals surface area contributed by atoms with Crippen molar-refractivity contribution in [1.29, 1.82) is 0 Å². The van der Waals surface area contributed by atoms with Gasteiger partial charge in [0.05, 0.1) is 9.93 Å². The summed E-state index contributed by atoms with van der Waals surface area (Å²) in [5, 5.41) is 2.20. The van der Waals surface area contributed by atoms with Crippen molar-refractivity contribution in [2.75, 3.05) is 5.32 Å². The SMILES string of the molecule is O=C1C(Cl)=C(Cl)[C@@](Nc2ccc(Cl)cc2)(NS(=O)(=O)c2ccc(Cl)cc2)C(Cl)(Cl)C1(Cl)Cl. The first kappa shape index (κ1) is 26.5. The molecule has 0 spiro atoms. The number of alkyl halides is 4. The van der Waals surface area contributed by atoms with Crippen LogP contribution in [0.25, 0.3) is 0 Å². The Morgan fingerprint density at radius 2 is 1.22 bits per heavy atom. The van der Waals surface area contributed by atoms with E-state index in [1.807, 2.05) is 0 Å². The van der Waals surface area contributed by atoms with Gasteiger partial charge in [-0.3, -0.25) is 4.79 Å². The van der Waals surface area contributed by atoms with Crippen LogP contribution in [0.15, 0.2) is 63.5 Å². The van der Waals surface area contributed by atoms with E-state index in [1.54, 1.807) is 0 Å². The summed E-state index contributed by atoms with van der Waals surface area (Å²) < 4.78 is 23.6. The number of nitrogens with one attached hydrogen (secondary N) is 2. The van der Waals surface area contributed by atoms with Crippen LogP contribution in [0.2, 0.25) is 10.0 Å². The predicted molar refractivity (Wildman–Crippen MR) is 132 cm³/mol. The van der Waals surface area contributed by atoms with Crippen molar-refractivity contribution in [2.24, 2.45) is 0 Å². The number of Topliss-reactive ketones (excluding diaryl/α,β-unsaturated/α-hetero) is 1. The Morgan fingerprint density at radius 3 is 1.72 bits per heavy atom. The average Bonchev–Trinajstić information content (AvgIpc) is 2.72. The van der Waals surface area contributed by atoms with Crippen molar-refractivity contribution in [3.63, 3.8) is 0 Å².